The van der Waals surface area contributed by atoms with E-state index in [1.54, 1.807) is 25.2 Å². The number of carbonyl (C=O) groups excluding carboxylic acids is 1. The predicted octanol–water partition coefficient (Wildman–Crippen LogP) is 1.23. The number of amides is 1. The lowest BCUT2D eigenvalue weighted by Crippen LogP contribution is -2.20. The minimum absolute atomic E-state index is 0.00837. The van der Waals surface area contributed by atoms with E-state index in [1.807, 2.05) is 6.07 Å². The van der Waals surface area contributed by atoms with Gasteiger partial charge in [-0.25, -0.2) is 4.79 Å². The molecular formula is C12H13NO3. The Labute approximate surface area is 93.3 Å². The zero-order valence-corrected chi connectivity index (χ0v) is 8.93. The van der Waals surface area contributed by atoms with Gasteiger partial charge >= 0.3 is 5.97 Å². The van der Waals surface area contributed by atoms with Gasteiger partial charge in [-0.1, -0.05) is 12.1 Å². The number of aromatic carboxylic acids is 1. The lowest BCUT2D eigenvalue weighted by molar-refractivity contribution is -0.121. The minimum atomic E-state index is -0.931. The number of carboxylic acid groups (broad SMARTS) is 1. The van der Waals surface area contributed by atoms with E-state index in [0.29, 0.717) is 0 Å². The summed E-state index contributed by atoms with van der Waals surface area (Å²) in [7, 11) is 1.62. The summed E-state index contributed by atoms with van der Waals surface area (Å²) in [6.07, 6.45) is 0.808. The molecule has 0 radical (unpaired) electrons. The third kappa shape index (κ3) is 1.91. The van der Waals surface area contributed by atoms with Crippen LogP contribution < -0.4 is 5.32 Å². The summed E-state index contributed by atoms with van der Waals surface area (Å²) in [5.74, 6) is -0.710. The molecule has 0 spiro atoms. The van der Waals surface area contributed by atoms with Gasteiger partial charge in [0, 0.05) is 13.0 Å². The van der Waals surface area contributed by atoms with E-state index in [-0.39, 0.29) is 23.3 Å². The van der Waals surface area contributed by atoms with E-state index >= 15 is 0 Å². The number of carboxylic acids is 1. The van der Waals surface area contributed by atoms with Crippen molar-refractivity contribution in [3.05, 3.63) is 35.4 Å². The number of nitrogens with one attached hydrogen (secondary N) is 1. The molecule has 1 saturated carbocycles. The zero-order chi connectivity index (χ0) is 11.7. The first kappa shape index (κ1) is 10.7. The first-order valence-corrected chi connectivity index (χ1v) is 5.18. The fourth-order valence-corrected chi connectivity index (χ4v) is 1.94. The van der Waals surface area contributed by atoms with E-state index in [4.69, 9.17) is 5.11 Å². The van der Waals surface area contributed by atoms with Crippen molar-refractivity contribution in [1.29, 1.82) is 0 Å². The number of hydrogen-bond acceptors (Lipinski definition) is 2. The fourth-order valence-electron chi connectivity index (χ4n) is 1.94. The summed E-state index contributed by atoms with van der Waals surface area (Å²) < 4.78 is 0. The van der Waals surface area contributed by atoms with Crippen molar-refractivity contribution in [1.82, 2.24) is 5.32 Å². The number of benzene rings is 1. The Morgan fingerprint density at radius 3 is 2.81 bits per heavy atom. The molecule has 1 aliphatic rings. The molecule has 0 bridgehead atoms. The van der Waals surface area contributed by atoms with Crippen molar-refractivity contribution in [3.8, 4) is 0 Å². The molecule has 84 valence electrons. The summed E-state index contributed by atoms with van der Waals surface area (Å²) in [6, 6.07) is 6.80. The van der Waals surface area contributed by atoms with E-state index in [0.717, 1.165) is 12.0 Å². The maximum Gasteiger partial charge on any atom is 0.335 e. The molecule has 4 nitrogen and oxygen atoms in total. The van der Waals surface area contributed by atoms with Gasteiger partial charge in [-0.3, -0.25) is 4.79 Å². The summed E-state index contributed by atoms with van der Waals surface area (Å²) in [5.41, 5.74) is 1.22. The molecule has 1 amide bonds. The van der Waals surface area contributed by atoms with Crippen molar-refractivity contribution in [2.24, 2.45) is 5.92 Å². The summed E-state index contributed by atoms with van der Waals surface area (Å²) in [5, 5.41) is 11.5. The molecule has 1 fully saturated rings. The molecule has 16 heavy (non-hydrogen) atoms. The molecule has 0 aromatic heterocycles. The molecule has 4 heteroatoms. The van der Waals surface area contributed by atoms with Gasteiger partial charge in [0.2, 0.25) is 5.91 Å². The third-order valence-electron chi connectivity index (χ3n) is 2.94. The van der Waals surface area contributed by atoms with Gasteiger partial charge in [-0.15, -0.1) is 0 Å². The highest BCUT2D eigenvalue weighted by Crippen LogP contribution is 2.47. The Morgan fingerprint density at radius 1 is 1.44 bits per heavy atom. The topological polar surface area (TPSA) is 66.4 Å². The summed E-state index contributed by atoms with van der Waals surface area (Å²) in [6.45, 7) is 0. The highest BCUT2D eigenvalue weighted by Gasteiger charge is 2.43. The summed E-state index contributed by atoms with van der Waals surface area (Å²) >= 11 is 0. The minimum Gasteiger partial charge on any atom is -0.478 e. The van der Waals surface area contributed by atoms with Crippen molar-refractivity contribution < 1.29 is 14.7 Å². The molecule has 0 heterocycles. The highest BCUT2D eigenvalue weighted by molar-refractivity contribution is 5.88. The Morgan fingerprint density at radius 2 is 2.19 bits per heavy atom. The molecule has 1 aromatic carbocycles. The highest BCUT2D eigenvalue weighted by atomic mass is 16.4. The second-order valence-corrected chi connectivity index (χ2v) is 3.99. The second-order valence-electron chi connectivity index (χ2n) is 3.99. The SMILES string of the molecule is CNC(=O)[C@@H]1C[C@H]1c1cccc(C(=O)O)c1. The normalized spacial score (nSPS) is 22.6. The molecule has 2 atom stereocenters. The first-order chi connectivity index (χ1) is 7.63. The monoisotopic (exact) mass is 219 g/mol. The molecule has 0 saturated heterocycles. The van der Waals surface area contributed by atoms with Gasteiger partial charge in [0.15, 0.2) is 0 Å². The Bertz CT molecular complexity index is 442. The van der Waals surface area contributed by atoms with Crippen LogP contribution in [0.2, 0.25) is 0 Å². The number of rotatable bonds is 3. The van der Waals surface area contributed by atoms with Gasteiger partial charge in [0.05, 0.1) is 5.56 Å². The van der Waals surface area contributed by atoms with Crippen LogP contribution in [-0.2, 0) is 4.79 Å². The van der Waals surface area contributed by atoms with Crippen molar-refractivity contribution in [2.75, 3.05) is 7.05 Å². The van der Waals surface area contributed by atoms with Gasteiger partial charge in [0.1, 0.15) is 0 Å². The predicted molar refractivity (Wildman–Crippen MR) is 58.3 cm³/mol. The van der Waals surface area contributed by atoms with Gasteiger partial charge in [-0.2, -0.15) is 0 Å². The lowest BCUT2D eigenvalue weighted by atomic mass is 10.1. The van der Waals surface area contributed by atoms with Crippen LogP contribution >= 0.6 is 0 Å². The van der Waals surface area contributed by atoms with Crippen LogP contribution in [0, 0.1) is 5.92 Å². The maximum absolute atomic E-state index is 11.3. The quantitative estimate of drug-likeness (QED) is 0.803. The van der Waals surface area contributed by atoms with Gasteiger partial charge in [0.25, 0.3) is 0 Å². The molecule has 2 rings (SSSR count). The third-order valence-corrected chi connectivity index (χ3v) is 2.94. The average Bonchev–Trinajstić information content (AvgIpc) is 3.08. The molecule has 2 N–H and O–H groups in total. The van der Waals surface area contributed by atoms with E-state index in [9.17, 15) is 9.59 Å². The smallest absolute Gasteiger partial charge is 0.335 e. The van der Waals surface area contributed by atoms with Crippen LogP contribution in [0.15, 0.2) is 24.3 Å². The summed E-state index contributed by atoms with van der Waals surface area (Å²) in [4.78, 5) is 22.1. The van der Waals surface area contributed by atoms with Crippen LogP contribution in [0.25, 0.3) is 0 Å². The Kier molecular flexibility index (Phi) is 2.64. The first-order valence-electron chi connectivity index (χ1n) is 5.18. The average molecular weight is 219 g/mol. The van der Waals surface area contributed by atoms with Gasteiger partial charge in [-0.05, 0) is 30.0 Å². The van der Waals surface area contributed by atoms with Crippen LogP contribution in [0.3, 0.4) is 0 Å². The van der Waals surface area contributed by atoms with E-state index in [1.165, 1.54) is 0 Å². The number of hydrogen-bond donors (Lipinski definition) is 2. The fraction of sp³-hybridized carbons (Fsp3) is 0.333. The second kappa shape index (κ2) is 3.96. The van der Waals surface area contributed by atoms with E-state index in [2.05, 4.69) is 5.32 Å². The number of carbonyl (C=O) groups is 2. The van der Waals surface area contributed by atoms with Crippen LogP contribution in [-0.4, -0.2) is 24.0 Å². The Balaban J connectivity index is 2.15. The van der Waals surface area contributed by atoms with Crippen molar-refractivity contribution in [3.63, 3.8) is 0 Å². The van der Waals surface area contributed by atoms with Crippen molar-refractivity contribution >= 4 is 11.9 Å². The molecule has 0 aliphatic heterocycles. The Hall–Kier alpha value is -1.84. The lowest BCUT2D eigenvalue weighted by Gasteiger charge is -2.01. The molecule has 1 aromatic rings. The zero-order valence-electron chi connectivity index (χ0n) is 8.93. The van der Waals surface area contributed by atoms with Crippen LogP contribution in [0.5, 0.6) is 0 Å². The van der Waals surface area contributed by atoms with Crippen molar-refractivity contribution in [2.45, 2.75) is 12.3 Å². The molecule has 0 unspecified atom stereocenters. The van der Waals surface area contributed by atoms with Crippen LogP contribution in [0.4, 0.5) is 0 Å². The van der Waals surface area contributed by atoms with Crippen LogP contribution in [0.1, 0.15) is 28.3 Å². The molecular weight excluding hydrogens is 206 g/mol. The van der Waals surface area contributed by atoms with Gasteiger partial charge < -0.3 is 10.4 Å². The maximum atomic E-state index is 11.3. The van der Waals surface area contributed by atoms with E-state index < -0.39 is 5.97 Å². The largest absolute Gasteiger partial charge is 0.478 e. The molecule has 1 aliphatic carbocycles. The standard InChI is InChI=1S/C12H13NO3/c1-13-11(14)10-6-9(10)7-3-2-4-8(5-7)12(15)16/h2-5,9-10H,6H2,1H3,(H,13,14)(H,15,16)/t9-,10+/m0/s1.